The number of piperazine rings is 1. The maximum absolute atomic E-state index is 12.9. The van der Waals surface area contributed by atoms with E-state index in [1.54, 1.807) is 18.2 Å². The van der Waals surface area contributed by atoms with Gasteiger partial charge in [0.25, 0.3) is 11.6 Å². The minimum atomic E-state index is -0.513. The zero-order valence-corrected chi connectivity index (χ0v) is 20.9. The maximum atomic E-state index is 12.9. The average Bonchev–Trinajstić information content (AvgIpc) is 2.86. The van der Waals surface area contributed by atoms with Crippen LogP contribution in [0.4, 0.5) is 5.69 Å². The summed E-state index contributed by atoms with van der Waals surface area (Å²) in [4.78, 5) is 27.4. The summed E-state index contributed by atoms with van der Waals surface area (Å²) in [6.45, 7) is 3.81. The second-order valence-corrected chi connectivity index (χ2v) is 9.40. The Morgan fingerprint density at radius 2 is 1.54 bits per heavy atom. The van der Waals surface area contributed by atoms with Crippen LogP contribution < -0.4 is 4.74 Å². The Balaban J connectivity index is 1.28. The molecule has 0 aromatic heterocycles. The van der Waals surface area contributed by atoms with Crippen molar-refractivity contribution in [3.63, 3.8) is 0 Å². The summed E-state index contributed by atoms with van der Waals surface area (Å²) in [6.07, 6.45) is 0. The van der Waals surface area contributed by atoms with Crippen molar-refractivity contribution < 1.29 is 14.5 Å². The fraction of sp³-hybridized carbons (Fsp3) is 0.240. The number of benzene rings is 3. The van der Waals surface area contributed by atoms with Crippen LogP contribution in [0.2, 0.25) is 15.1 Å². The highest BCUT2D eigenvalue weighted by Gasteiger charge is 2.22. The number of non-ortho nitro benzene ring substituents is 1. The van der Waals surface area contributed by atoms with E-state index < -0.39 is 4.92 Å². The third-order valence-corrected chi connectivity index (χ3v) is 6.81. The lowest BCUT2D eigenvalue weighted by atomic mass is 10.1. The summed E-state index contributed by atoms with van der Waals surface area (Å²) in [5.74, 6) is 0.348. The molecular weight excluding hydrogens is 513 g/mol. The molecule has 10 heteroatoms. The van der Waals surface area contributed by atoms with Crippen molar-refractivity contribution in [3.8, 4) is 5.75 Å². The highest BCUT2D eigenvalue weighted by atomic mass is 35.5. The average molecular weight is 535 g/mol. The van der Waals surface area contributed by atoms with Crippen LogP contribution in [0.3, 0.4) is 0 Å². The van der Waals surface area contributed by atoms with Crippen molar-refractivity contribution in [1.29, 1.82) is 0 Å². The molecule has 3 aromatic rings. The van der Waals surface area contributed by atoms with E-state index in [-0.39, 0.29) is 23.2 Å². The van der Waals surface area contributed by atoms with Crippen molar-refractivity contribution in [1.82, 2.24) is 9.80 Å². The number of carbonyl (C=O) groups is 1. The summed E-state index contributed by atoms with van der Waals surface area (Å²) in [6, 6.07) is 16.9. The third-order valence-electron chi connectivity index (χ3n) is 5.77. The van der Waals surface area contributed by atoms with Crippen LogP contribution in [0.25, 0.3) is 0 Å². The molecule has 0 radical (unpaired) electrons. The monoisotopic (exact) mass is 533 g/mol. The Bertz CT molecular complexity index is 1230. The van der Waals surface area contributed by atoms with E-state index in [9.17, 15) is 14.9 Å². The van der Waals surface area contributed by atoms with Gasteiger partial charge in [-0.15, -0.1) is 0 Å². The first kappa shape index (κ1) is 25.3. The number of rotatable bonds is 7. The topological polar surface area (TPSA) is 75.9 Å². The number of nitro benzene ring substituents is 1. The van der Waals surface area contributed by atoms with Crippen molar-refractivity contribution in [2.75, 3.05) is 26.2 Å². The summed E-state index contributed by atoms with van der Waals surface area (Å²) in [7, 11) is 0. The Labute approximate surface area is 217 Å². The quantitative estimate of drug-likeness (QED) is 0.271. The normalized spacial score (nSPS) is 14.1. The Morgan fingerprint density at radius 1 is 0.857 bits per heavy atom. The van der Waals surface area contributed by atoms with Gasteiger partial charge in [-0.1, -0.05) is 53.0 Å². The number of nitrogens with zero attached hydrogens (tertiary/aromatic N) is 3. The molecule has 0 atom stereocenters. The molecule has 182 valence electrons. The van der Waals surface area contributed by atoms with Crippen LogP contribution in [0, 0.1) is 10.1 Å². The number of nitro groups is 1. The number of amides is 1. The molecule has 1 amide bonds. The summed E-state index contributed by atoms with van der Waals surface area (Å²) in [5, 5.41) is 12.1. The van der Waals surface area contributed by atoms with Gasteiger partial charge in [-0.25, -0.2) is 0 Å². The van der Waals surface area contributed by atoms with Crippen LogP contribution in [-0.2, 0) is 13.2 Å². The molecule has 1 heterocycles. The van der Waals surface area contributed by atoms with Crippen molar-refractivity contribution >= 4 is 46.4 Å². The van der Waals surface area contributed by atoms with E-state index in [0.717, 1.165) is 30.8 Å². The fourth-order valence-electron chi connectivity index (χ4n) is 3.81. The van der Waals surface area contributed by atoms with Gasteiger partial charge >= 0.3 is 0 Å². The SMILES string of the molecule is O=C(c1ccc(COc2ccc([N+](=O)[O-])cc2Cl)cc1)N1CCN(Cc2ccc(Cl)c(Cl)c2)CC1. The minimum absolute atomic E-state index is 0.00920. The summed E-state index contributed by atoms with van der Waals surface area (Å²) < 4.78 is 5.68. The second-order valence-electron chi connectivity index (χ2n) is 8.17. The first-order valence-electron chi connectivity index (χ1n) is 10.9. The maximum Gasteiger partial charge on any atom is 0.271 e. The standard InChI is InChI=1S/C25H22Cl3N3O4/c26-21-7-3-18(13-22(21)27)15-29-9-11-30(12-10-29)25(32)19-4-1-17(2-5-19)16-35-24-8-6-20(31(33)34)14-23(24)28/h1-8,13-14H,9-12,15-16H2. The predicted octanol–water partition coefficient (Wildman–Crippen LogP) is 6.09. The largest absolute Gasteiger partial charge is 0.487 e. The second kappa shape index (κ2) is 11.3. The van der Waals surface area contributed by atoms with E-state index >= 15 is 0 Å². The highest BCUT2D eigenvalue weighted by Crippen LogP contribution is 2.29. The van der Waals surface area contributed by atoms with Gasteiger partial charge in [0.1, 0.15) is 12.4 Å². The van der Waals surface area contributed by atoms with E-state index in [1.807, 2.05) is 29.2 Å². The van der Waals surface area contributed by atoms with Crippen LogP contribution in [0.1, 0.15) is 21.5 Å². The molecule has 0 aliphatic carbocycles. The first-order chi connectivity index (χ1) is 16.8. The molecule has 4 rings (SSSR count). The number of carbonyl (C=O) groups excluding carboxylic acids is 1. The van der Waals surface area contributed by atoms with Gasteiger partial charge in [0.05, 0.1) is 20.0 Å². The summed E-state index contributed by atoms with van der Waals surface area (Å²) in [5.41, 5.74) is 2.45. The number of hydrogen-bond donors (Lipinski definition) is 0. The lowest BCUT2D eigenvalue weighted by Crippen LogP contribution is -2.48. The molecule has 0 bridgehead atoms. The Morgan fingerprint density at radius 3 is 2.17 bits per heavy atom. The molecule has 0 spiro atoms. The zero-order valence-electron chi connectivity index (χ0n) is 18.6. The molecule has 7 nitrogen and oxygen atoms in total. The van der Waals surface area contributed by atoms with Crippen LogP contribution in [-0.4, -0.2) is 46.8 Å². The van der Waals surface area contributed by atoms with Crippen molar-refractivity contribution in [3.05, 3.63) is 103 Å². The molecule has 0 saturated carbocycles. The third kappa shape index (κ3) is 6.44. The smallest absolute Gasteiger partial charge is 0.271 e. The van der Waals surface area contributed by atoms with E-state index in [4.69, 9.17) is 39.5 Å². The molecule has 1 aliphatic heterocycles. The first-order valence-corrected chi connectivity index (χ1v) is 12.0. The van der Waals surface area contributed by atoms with Gasteiger partial charge < -0.3 is 9.64 Å². The van der Waals surface area contributed by atoms with Crippen LogP contribution >= 0.6 is 34.8 Å². The van der Waals surface area contributed by atoms with E-state index in [0.29, 0.717) is 34.4 Å². The lowest BCUT2D eigenvalue weighted by Gasteiger charge is -2.34. The van der Waals surface area contributed by atoms with Gasteiger partial charge in [0.15, 0.2) is 0 Å². The van der Waals surface area contributed by atoms with Crippen LogP contribution in [0.5, 0.6) is 5.75 Å². The highest BCUT2D eigenvalue weighted by molar-refractivity contribution is 6.42. The molecular formula is C25H22Cl3N3O4. The van der Waals surface area contributed by atoms with Crippen molar-refractivity contribution in [2.24, 2.45) is 0 Å². The summed E-state index contributed by atoms with van der Waals surface area (Å²) >= 11 is 18.2. The molecule has 1 fully saturated rings. The molecule has 0 N–H and O–H groups in total. The van der Waals surface area contributed by atoms with Gasteiger partial charge in [0.2, 0.25) is 0 Å². The number of ether oxygens (including phenoxy) is 1. The molecule has 0 unspecified atom stereocenters. The predicted molar refractivity (Wildman–Crippen MR) is 137 cm³/mol. The van der Waals surface area contributed by atoms with E-state index in [2.05, 4.69) is 4.90 Å². The number of halogens is 3. The Kier molecular flexibility index (Phi) is 8.13. The van der Waals surface area contributed by atoms with Crippen LogP contribution in [0.15, 0.2) is 60.7 Å². The van der Waals surface area contributed by atoms with E-state index in [1.165, 1.54) is 18.2 Å². The van der Waals surface area contributed by atoms with Gasteiger partial charge in [-0.05, 0) is 41.5 Å². The van der Waals surface area contributed by atoms with Crippen molar-refractivity contribution in [2.45, 2.75) is 13.2 Å². The molecule has 1 saturated heterocycles. The molecule has 1 aliphatic rings. The fourth-order valence-corrected chi connectivity index (χ4v) is 4.36. The molecule has 3 aromatic carbocycles. The zero-order chi connectivity index (χ0) is 24.9. The number of hydrogen-bond acceptors (Lipinski definition) is 5. The molecule has 35 heavy (non-hydrogen) atoms. The lowest BCUT2D eigenvalue weighted by molar-refractivity contribution is -0.384. The minimum Gasteiger partial charge on any atom is -0.487 e. The van der Waals surface area contributed by atoms with Gasteiger partial charge in [0, 0.05) is 50.4 Å². The van der Waals surface area contributed by atoms with Gasteiger partial charge in [-0.3, -0.25) is 19.8 Å². The Hall–Kier alpha value is -2.84. The van der Waals surface area contributed by atoms with Gasteiger partial charge in [-0.2, -0.15) is 0 Å².